The molecule has 1 aromatic rings. The second-order valence-corrected chi connectivity index (χ2v) is 5.40. The SMILES string of the molecule is CC(C(=O)N(C)Cc1ccccc1Cl)C1CNC1.Cl. The van der Waals surface area contributed by atoms with Crippen LogP contribution < -0.4 is 5.32 Å². The van der Waals surface area contributed by atoms with E-state index in [1.165, 1.54) is 0 Å². The van der Waals surface area contributed by atoms with Crippen molar-refractivity contribution in [2.75, 3.05) is 20.1 Å². The van der Waals surface area contributed by atoms with Gasteiger partial charge in [-0.1, -0.05) is 36.7 Å². The Labute approximate surface area is 125 Å². The number of halogens is 2. The number of carbonyl (C=O) groups excluding carboxylic acids is 1. The summed E-state index contributed by atoms with van der Waals surface area (Å²) < 4.78 is 0. The highest BCUT2D eigenvalue weighted by Crippen LogP contribution is 2.21. The molecule has 1 heterocycles. The Bertz CT molecular complexity index is 435. The molecule has 1 atom stereocenters. The Morgan fingerprint density at radius 1 is 1.47 bits per heavy atom. The van der Waals surface area contributed by atoms with Crippen LogP contribution in [-0.4, -0.2) is 30.9 Å². The van der Waals surface area contributed by atoms with Gasteiger partial charge in [0.25, 0.3) is 0 Å². The molecule has 1 aliphatic heterocycles. The van der Waals surface area contributed by atoms with Crippen molar-refractivity contribution < 1.29 is 4.79 Å². The molecule has 3 nitrogen and oxygen atoms in total. The number of nitrogens with one attached hydrogen (secondary N) is 1. The molecule has 106 valence electrons. The van der Waals surface area contributed by atoms with Gasteiger partial charge in [-0.2, -0.15) is 0 Å². The minimum absolute atomic E-state index is 0. The summed E-state index contributed by atoms with van der Waals surface area (Å²) in [6.45, 7) is 4.49. The van der Waals surface area contributed by atoms with E-state index in [1.807, 2.05) is 38.2 Å². The molecule has 0 spiro atoms. The number of hydrogen-bond acceptors (Lipinski definition) is 2. The van der Waals surface area contributed by atoms with Crippen LogP contribution in [0.15, 0.2) is 24.3 Å². The molecule has 0 bridgehead atoms. The standard InChI is InChI=1S/C14H19ClN2O.ClH/c1-10(12-7-16-8-12)14(18)17(2)9-11-5-3-4-6-13(11)15;/h3-6,10,12,16H,7-9H2,1-2H3;1H. The van der Waals surface area contributed by atoms with Crippen molar-refractivity contribution in [1.29, 1.82) is 0 Å². The average Bonchev–Trinajstić information content (AvgIpc) is 2.28. The molecular formula is C14H20Cl2N2O. The zero-order chi connectivity index (χ0) is 13.1. The number of hydrogen-bond donors (Lipinski definition) is 1. The normalized spacial score (nSPS) is 16.2. The molecule has 0 saturated carbocycles. The van der Waals surface area contributed by atoms with Crippen LogP contribution in [0.25, 0.3) is 0 Å². The van der Waals surface area contributed by atoms with Crippen LogP contribution in [0.5, 0.6) is 0 Å². The maximum absolute atomic E-state index is 12.2. The summed E-state index contributed by atoms with van der Waals surface area (Å²) in [5.41, 5.74) is 0.994. The molecule has 2 rings (SSSR count). The molecule has 1 amide bonds. The summed E-state index contributed by atoms with van der Waals surface area (Å²) in [5.74, 6) is 0.756. The molecule has 1 N–H and O–H groups in total. The van der Waals surface area contributed by atoms with Crippen LogP contribution in [0.3, 0.4) is 0 Å². The van der Waals surface area contributed by atoms with E-state index in [1.54, 1.807) is 4.90 Å². The molecule has 1 aliphatic rings. The molecular weight excluding hydrogens is 283 g/mol. The highest BCUT2D eigenvalue weighted by atomic mass is 35.5. The first-order valence-electron chi connectivity index (χ1n) is 6.28. The fraction of sp³-hybridized carbons (Fsp3) is 0.500. The number of benzene rings is 1. The first kappa shape index (κ1) is 16.3. The van der Waals surface area contributed by atoms with E-state index in [4.69, 9.17) is 11.6 Å². The Hall–Kier alpha value is -0.770. The van der Waals surface area contributed by atoms with E-state index in [2.05, 4.69) is 5.32 Å². The van der Waals surface area contributed by atoms with Crippen molar-refractivity contribution in [3.05, 3.63) is 34.9 Å². The molecule has 0 aliphatic carbocycles. The van der Waals surface area contributed by atoms with Crippen LogP contribution >= 0.6 is 24.0 Å². The first-order chi connectivity index (χ1) is 8.59. The van der Waals surface area contributed by atoms with E-state index in [-0.39, 0.29) is 24.2 Å². The fourth-order valence-corrected chi connectivity index (χ4v) is 2.37. The maximum Gasteiger partial charge on any atom is 0.225 e. The van der Waals surface area contributed by atoms with Crippen LogP contribution in [0.1, 0.15) is 12.5 Å². The third-order valence-corrected chi connectivity index (χ3v) is 4.02. The zero-order valence-corrected chi connectivity index (χ0v) is 12.8. The smallest absolute Gasteiger partial charge is 0.225 e. The lowest BCUT2D eigenvalue weighted by Crippen LogP contribution is -2.49. The lowest BCUT2D eigenvalue weighted by Gasteiger charge is -2.34. The third-order valence-electron chi connectivity index (χ3n) is 3.65. The Kier molecular flexibility index (Phi) is 6.11. The summed E-state index contributed by atoms with van der Waals surface area (Å²) in [5, 5.41) is 3.92. The second kappa shape index (κ2) is 7.13. The highest BCUT2D eigenvalue weighted by molar-refractivity contribution is 6.31. The summed E-state index contributed by atoms with van der Waals surface area (Å²) >= 11 is 6.11. The van der Waals surface area contributed by atoms with Crippen LogP contribution in [0, 0.1) is 11.8 Å². The number of nitrogens with zero attached hydrogens (tertiary/aromatic N) is 1. The summed E-state index contributed by atoms with van der Waals surface area (Å²) in [7, 11) is 1.84. The summed E-state index contributed by atoms with van der Waals surface area (Å²) in [6, 6.07) is 7.66. The zero-order valence-electron chi connectivity index (χ0n) is 11.2. The van der Waals surface area contributed by atoms with Crippen LogP contribution in [0.4, 0.5) is 0 Å². The van der Waals surface area contributed by atoms with E-state index >= 15 is 0 Å². The fourth-order valence-electron chi connectivity index (χ4n) is 2.17. The number of rotatable bonds is 4. The van der Waals surface area contributed by atoms with E-state index in [0.717, 1.165) is 23.7 Å². The largest absolute Gasteiger partial charge is 0.341 e. The van der Waals surface area contributed by atoms with Gasteiger partial charge in [0.2, 0.25) is 5.91 Å². The van der Waals surface area contributed by atoms with Crippen molar-refractivity contribution in [3.8, 4) is 0 Å². The lowest BCUT2D eigenvalue weighted by molar-refractivity contribution is -0.136. The van der Waals surface area contributed by atoms with Gasteiger partial charge in [0, 0.05) is 24.5 Å². The minimum Gasteiger partial charge on any atom is -0.341 e. The number of carbonyl (C=O) groups is 1. The van der Waals surface area contributed by atoms with Gasteiger partial charge in [-0.3, -0.25) is 4.79 Å². The second-order valence-electron chi connectivity index (χ2n) is 4.99. The quantitative estimate of drug-likeness (QED) is 0.927. The van der Waals surface area contributed by atoms with E-state index in [9.17, 15) is 4.79 Å². The van der Waals surface area contributed by atoms with Gasteiger partial charge in [-0.05, 0) is 30.6 Å². The maximum atomic E-state index is 12.2. The first-order valence-corrected chi connectivity index (χ1v) is 6.66. The minimum atomic E-state index is 0. The molecule has 1 fully saturated rings. The van der Waals surface area contributed by atoms with E-state index < -0.39 is 0 Å². The average molecular weight is 303 g/mol. The van der Waals surface area contributed by atoms with Crippen LogP contribution in [-0.2, 0) is 11.3 Å². The predicted molar refractivity (Wildman–Crippen MR) is 80.7 cm³/mol. The van der Waals surface area contributed by atoms with Crippen molar-refractivity contribution >= 4 is 29.9 Å². The van der Waals surface area contributed by atoms with E-state index in [0.29, 0.717) is 12.5 Å². The Balaban J connectivity index is 0.00000180. The van der Waals surface area contributed by atoms with Crippen molar-refractivity contribution in [3.63, 3.8) is 0 Å². The Morgan fingerprint density at radius 2 is 2.11 bits per heavy atom. The van der Waals surface area contributed by atoms with Gasteiger partial charge in [0.05, 0.1) is 0 Å². The Morgan fingerprint density at radius 3 is 2.63 bits per heavy atom. The molecule has 1 aromatic carbocycles. The summed E-state index contributed by atoms with van der Waals surface area (Å²) in [4.78, 5) is 14.0. The van der Waals surface area contributed by atoms with Gasteiger partial charge >= 0.3 is 0 Å². The number of amides is 1. The van der Waals surface area contributed by atoms with Gasteiger partial charge in [0.15, 0.2) is 0 Å². The molecule has 0 aromatic heterocycles. The highest BCUT2D eigenvalue weighted by Gasteiger charge is 2.30. The van der Waals surface area contributed by atoms with Gasteiger partial charge in [0.1, 0.15) is 0 Å². The monoisotopic (exact) mass is 302 g/mol. The van der Waals surface area contributed by atoms with Gasteiger partial charge in [-0.25, -0.2) is 0 Å². The van der Waals surface area contributed by atoms with Crippen molar-refractivity contribution in [2.24, 2.45) is 11.8 Å². The topological polar surface area (TPSA) is 32.3 Å². The van der Waals surface area contributed by atoms with Crippen molar-refractivity contribution in [2.45, 2.75) is 13.5 Å². The molecule has 0 radical (unpaired) electrons. The predicted octanol–water partition coefficient (Wildman–Crippen LogP) is 2.58. The molecule has 1 saturated heterocycles. The molecule has 19 heavy (non-hydrogen) atoms. The molecule has 5 heteroatoms. The molecule has 1 unspecified atom stereocenters. The third kappa shape index (κ3) is 3.85. The van der Waals surface area contributed by atoms with Crippen LogP contribution in [0.2, 0.25) is 5.02 Å². The lowest BCUT2D eigenvalue weighted by atomic mass is 9.88. The van der Waals surface area contributed by atoms with Gasteiger partial charge < -0.3 is 10.2 Å². The van der Waals surface area contributed by atoms with Gasteiger partial charge in [-0.15, -0.1) is 12.4 Å². The summed E-state index contributed by atoms with van der Waals surface area (Å²) in [6.07, 6.45) is 0. The van der Waals surface area contributed by atoms with Crippen molar-refractivity contribution in [1.82, 2.24) is 10.2 Å².